The molecule has 1 unspecified atom stereocenters. The van der Waals surface area contributed by atoms with Crippen LogP contribution in [0.4, 0.5) is 0 Å². The summed E-state index contributed by atoms with van der Waals surface area (Å²) in [4.78, 5) is 0. The fourth-order valence-electron chi connectivity index (χ4n) is 1.82. The quantitative estimate of drug-likeness (QED) is 0.901. The van der Waals surface area contributed by atoms with E-state index in [1.54, 1.807) is 4.68 Å². The monoisotopic (exact) mass is 245 g/mol. The Hall–Kier alpha value is -1.81. The van der Waals surface area contributed by atoms with E-state index in [2.05, 4.69) is 12.0 Å². The van der Waals surface area contributed by atoms with E-state index in [4.69, 9.17) is 10.5 Å². The summed E-state index contributed by atoms with van der Waals surface area (Å²) in [5.41, 5.74) is 8.04. The topological polar surface area (TPSA) is 53.1 Å². The van der Waals surface area contributed by atoms with Gasteiger partial charge in [0.1, 0.15) is 5.75 Å². The zero-order valence-electron chi connectivity index (χ0n) is 11.1. The highest BCUT2D eigenvalue weighted by Gasteiger charge is 2.06. The van der Waals surface area contributed by atoms with Gasteiger partial charge in [0.05, 0.1) is 5.69 Å². The van der Waals surface area contributed by atoms with Crippen LogP contribution in [-0.4, -0.2) is 9.78 Å². The third-order valence-electron chi connectivity index (χ3n) is 2.93. The molecule has 0 fully saturated rings. The minimum atomic E-state index is 0.0954. The second-order valence-electron chi connectivity index (χ2n) is 4.43. The number of rotatable bonds is 4. The lowest BCUT2D eigenvalue weighted by molar-refractivity contribution is 0.430. The molecule has 0 aliphatic rings. The zero-order valence-corrected chi connectivity index (χ0v) is 11.1. The molecule has 0 amide bonds. The minimum Gasteiger partial charge on any atom is -0.439 e. The Balaban J connectivity index is 2.13. The van der Waals surface area contributed by atoms with Crippen molar-refractivity contribution in [1.82, 2.24) is 9.78 Å². The highest BCUT2D eigenvalue weighted by Crippen LogP contribution is 2.23. The van der Waals surface area contributed by atoms with E-state index in [-0.39, 0.29) is 6.04 Å². The van der Waals surface area contributed by atoms with Crippen molar-refractivity contribution in [3.63, 3.8) is 0 Å². The van der Waals surface area contributed by atoms with Crippen LogP contribution in [0.3, 0.4) is 0 Å². The molecule has 0 bridgehead atoms. The van der Waals surface area contributed by atoms with Gasteiger partial charge in [-0.25, -0.2) is 4.68 Å². The van der Waals surface area contributed by atoms with E-state index in [0.717, 1.165) is 29.3 Å². The molecule has 2 N–H and O–H groups in total. The standard InChI is InChI=1S/C14H19N3O/c1-4-13(15)11-5-7-12(8-6-11)18-14-9-10(2)16-17(14)3/h5-9,13H,4,15H2,1-3H3. The third kappa shape index (κ3) is 2.71. The second-order valence-corrected chi connectivity index (χ2v) is 4.43. The maximum absolute atomic E-state index is 5.97. The van der Waals surface area contributed by atoms with Crippen LogP contribution in [0.15, 0.2) is 30.3 Å². The van der Waals surface area contributed by atoms with Crippen molar-refractivity contribution in [2.75, 3.05) is 0 Å². The molecule has 4 nitrogen and oxygen atoms in total. The summed E-state index contributed by atoms with van der Waals surface area (Å²) >= 11 is 0. The van der Waals surface area contributed by atoms with E-state index in [1.165, 1.54) is 0 Å². The van der Waals surface area contributed by atoms with E-state index >= 15 is 0 Å². The van der Waals surface area contributed by atoms with Gasteiger partial charge in [0.2, 0.25) is 5.88 Å². The summed E-state index contributed by atoms with van der Waals surface area (Å²) < 4.78 is 7.48. The molecule has 0 saturated carbocycles. The van der Waals surface area contributed by atoms with Crippen LogP contribution in [0.5, 0.6) is 11.6 Å². The molecule has 0 spiro atoms. The number of aromatic nitrogens is 2. The molecule has 96 valence electrons. The zero-order chi connectivity index (χ0) is 13.1. The van der Waals surface area contributed by atoms with Crippen LogP contribution in [0.2, 0.25) is 0 Å². The van der Waals surface area contributed by atoms with Crippen molar-refractivity contribution in [3.05, 3.63) is 41.6 Å². The van der Waals surface area contributed by atoms with E-state index in [0.29, 0.717) is 0 Å². The lowest BCUT2D eigenvalue weighted by atomic mass is 10.1. The summed E-state index contributed by atoms with van der Waals surface area (Å²) in [6.07, 6.45) is 0.932. The number of hydrogen-bond donors (Lipinski definition) is 1. The molecule has 2 rings (SSSR count). The van der Waals surface area contributed by atoms with Gasteiger partial charge in [-0.2, -0.15) is 5.10 Å². The van der Waals surface area contributed by atoms with Gasteiger partial charge in [0, 0.05) is 19.2 Å². The normalized spacial score (nSPS) is 12.4. The van der Waals surface area contributed by atoms with Gasteiger partial charge in [0.25, 0.3) is 0 Å². The van der Waals surface area contributed by atoms with E-state index in [9.17, 15) is 0 Å². The summed E-state index contributed by atoms with van der Waals surface area (Å²) in [6, 6.07) is 9.89. The smallest absolute Gasteiger partial charge is 0.217 e. The number of hydrogen-bond acceptors (Lipinski definition) is 3. The van der Waals surface area contributed by atoms with Crippen molar-refractivity contribution < 1.29 is 4.74 Å². The van der Waals surface area contributed by atoms with Crippen LogP contribution in [-0.2, 0) is 7.05 Å². The highest BCUT2D eigenvalue weighted by atomic mass is 16.5. The van der Waals surface area contributed by atoms with Crippen molar-refractivity contribution in [3.8, 4) is 11.6 Å². The van der Waals surface area contributed by atoms with Gasteiger partial charge in [-0.1, -0.05) is 19.1 Å². The lowest BCUT2D eigenvalue weighted by Crippen LogP contribution is -2.08. The minimum absolute atomic E-state index is 0.0954. The number of benzene rings is 1. The molecule has 2 aromatic rings. The average molecular weight is 245 g/mol. The molecule has 0 saturated heterocycles. The third-order valence-corrected chi connectivity index (χ3v) is 2.93. The predicted octanol–water partition coefficient (Wildman–Crippen LogP) is 2.93. The summed E-state index contributed by atoms with van der Waals surface area (Å²) in [6.45, 7) is 4.02. The van der Waals surface area contributed by atoms with Crippen molar-refractivity contribution >= 4 is 0 Å². The molecule has 1 aromatic heterocycles. The van der Waals surface area contributed by atoms with Gasteiger partial charge in [-0.15, -0.1) is 0 Å². The van der Waals surface area contributed by atoms with Gasteiger partial charge < -0.3 is 10.5 Å². The molecule has 0 aliphatic carbocycles. The van der Waals surface area contributed by atoms with E-state index < -0.39 is 0 Å². The summed E-state index contributed by atoms with van der Waals surface area (Å²) in [5.74, 6) is 1.53. The lowest BCUT2D eigenvalue weighted by Gasteiger charge is -2.10. The number of nitrogens with zero attached hydrogens (tertiary/aromatic N) is 2. The largest absolute Gasteiger partial charge is 0.439 e. The first kappa shape index (κ1) is 12.6. The average Bonchev–Trinajstić information content (AvgIpc) is 2.68. The first-order valence-corrected chi connectivity index (χ1v) is 6.14. The molecule has 1 heterocycles. The van der Waals surface area contributed by atoms with Crippen LogP contribution in [0.1, 0.15) is 30.6 Å². The maximum Gasteiger partial charge on any atom is 0.217 e. The number of aryl methyl sites for hydroxylation is 2. The van der Waals surface area contributed by atoms with Crippen molar-refractivity contribution in [2.24, 2.45) is 12.8 Å². The Bertz CT molecular complexity index is 516. The van der Waals surface area contributed by atoms with Gasteiger partial charge in [-0.05, 0) is 31.0 Å². The molecule has 0 aliphatic heterocycles. The van der Waals surface area contributed by atoms with Crippen LogP contribution in [0.25, 0.3) is 0 Å². The molecule has 18 heavy (non-hydrogen) atoms. The number of ether oxygens (including phenoxy) is 1. The Labute approximate surface area is 107 Å². The fourth-order valence-corrected chi connectivity index (χ4v) is 1.82. The molecule has 1 atom stereocenters. The molecule has 0 radical (unpaired) electrons. The van der Waals surface area contributed by atoms with Crippen LogP contribution < -0.4 is 10.5 Å². The number of nitrogens with two attached hydrogens (primary N) is 1. The SMILES string of the molecule is CCC(N)c1ccc(Oc2cc(C)nn2C)cc1. The Morgan fingerprint density at radius 2 is 2.00 bits per heavy atom. The van der Waals surface area contributed by atoms with Gasteiger partial charge in [-0.3, -0.25) is 0 Å². The van der Waals surface area contributed by atoms with Crippen LogP contribution >= 0.6 is 0 Å². The fraction of sp³-hybridized carbons (Fsp3) is 0.357. The Morgan fingerprint density at radius 3 is 2.50 bits per heavy atom. The predicted molar refractivity (Wildman–Crippen MR) is 71.7 cm³/mol. The van der Waals surface area contributed by atoms with Crippen molar-refractivity contribution in [1.29, 1.82) is 0 Å². The summed E-state index contributed by atoms with van der Waals surface area (Å²) in [5, 5.41) is 4.24. The first-order chi connectivity index (χ1) is 8.60. The molecule has 1 aromatic carbocycles. The van der Waals surface area contributed by atoms with E-state index in [1.807, 2.05) is 44.3 Å². The maximum atomic E-state index is 5.97. The first-order valence-electron chi connectivity index (χ1n) is 6.14. The van der Waals surface area contributed by atoms with Gasteiger partial charge >= 0.3 is 0 Å². The van der Waals surface area contributed by atoms with Crippen LogP contribution in [0, 0.1) is 6.92 Å². The van der Waals surface area contributed by atoms with Crippen molar-refractivity contribution in [2.45, 2.75) is 26.3 Å². The molecular weight excluding hydrogens is 226 g/mol. The highest BCUT2D eigenvalue weighted by molar-refractivity contribution is 5.32. The molecular formula is C14H19N3O. The van der Waals surface area contributed by atoms with Gasteiger partial charge in [0.15, 0.2) is 0 Å². The molecule has 4 heteroatoms. The second kappa shape index (κ2) is 5.23. The summed E-state index contributed by atoms with van der Waals surface area (Å²) in [7, 11) is 1.86. The Morgan fingerprint density at radius 1 is 1.33 bits per heavy atom. The Kier molecular flexibility index (Phi) is 3.67.